The summed E-state index contributed by atoms with van der Waals surface area (Å²) in [5.74, 6) is -0.172. The lowest BCUT2D eigenvalue weighted by molar-refractivity contribution is 0.102. The minimum Gasteiger partial charge on any atom is -0.322 e. The SMILES string of the molecule is Cc1cccc(-n2c(C)cc(C(=O)Nc3cccc(Cn4nc5ccccn5c4=O)c3)c2C)c1. The number of nitrogens with zero attached hydrogens (tertiary/aromatic N) is 4. The van der Waals surface area contributed by atoms with Gasteiger partial charge >= 0.3 is 5.69 Å². The fourth-order valence-corrected chi connectivity index (χ4v) is 4.35. The van der Waals surface area contributed by atoms with Gasteiger partial charge in [-0.3, -0.25) is 9.20 Å². The number of benzene rings is 2. The van der Waals surface area contributed by atoms with Gasteiger partial charge in [-0.25, -0.2) is 9.48 Å². The van der Waals surface area contributed by atoms with Crippen LogP contribution in [-0.2, 0) is 6.54 Å². The van der Waals surface area contributed by atoms with Gasteiger partial charge in [0.15, 0.2) is 5.65 Å². The van der Waals surface area contributed by atoms with Crippen molar-refractivity contribution < 1.29 is 4.79 Å². The Balaban J connectivity index is 1.39. The lowest BCUT2D eigenvalue weighted by Gasteiger charge is -2.11. The third-order valence-electron chi connectivity index (χ3n) is 5.94. The molecule has 5 rings (SSSR count). The van der Waals surface area contributed by atoms with Gasteiger partial charge in [0, 0.05) is 29.0 Å². The molecule has 1 N–H and O–H groups in total. The van der Waals surface area contributed by atoms with Crippen LogP contribution in [0, 0.1) is 20.8 Å². The zero-order chi connectivity index (χ0) is 23.8. The van der Waals surface area contributed by atoms with E-state index in [0.29, 0.717) is 23.4 Å². The van der Waals surface area contributed by atoms with E-state index < -0.39 is 0 Å². The molecule has 0 saturated carbocycles. The number of carbonyl (C=O) groups excluding carboxylic acids is 1. The summed E-state index contributed by atoms with van der Waals surface area (Å²) < 4.78 is 5.02. The Bertz CT molecular complexity index is 1590. The van der Waals surface area contributed by atoms with Crippen molar-refractivity contribution >= 4 is 17.2 Å². The first-order valence-electron chi connectivity index (χ1n) is 11.1. The van der Waals surface area contributed by atoms with Crippen molar-refractivity contribution in [3.8, 4) is 5.69 Å². The molecule has 170 valence electrons. The van der Waals surface area contributed by atoms with Crippen LogP contribution >= 0.6 is 0 Å². The molecule has 0 fully saturated rings. The number of pyridine rings is 1. The van der Waals surface area contributed by atoms with Gasteiger partial charge < -0.3 is 9.88 Å². The minimum absolute atomic E-state index is 0.172. The van der Waals surface area contributed by atoms with Gasteiger partial charge in [-0.2, -0.15) is 0 Å². The number of hydrogen-bond acceptors (Lipinski definition) is 3. The zero-order valence-electron chi connectivity index (χ0n) is 19.3. The molecule has 0 bridgehead atoms. The average Bonchev–Trinajstić information content (AvgIpc) is 3.29. The second-order valence-corrected chi connectivity index (χ2v) is 8.48. The predicted molar refractivity (Wildman–Crippen MR) is 133 cm³/mol. The lowest BCUT2D eigenvalue weighted by atomic mass is 10.1. The Kier molecular flexibility index (Phi) is 5.37. The summed E-state index contributed by atoms with van der Waals surface area (Å²) in [7, 11) is 0. The highest BCUT2D eigenvalue weighted by Crippen LogP contribution is 2.23. The summed E-state index contributed by atoms with van der Waals surface area (Å²) in [6.07, 6.45) is 1.70. The van der Waals surface area contributed by atoms with Crippen molar-refractivity contribution in [1.82, 2.24) is 18.7 Å². The molecule has 34 heavy (non-hydrogen) atoms. The summed E-state index contributed by atoms with van der Waals surface area (Å²) in [6.45, 7) is 6.32. The molecule has 7 nitrogen and oxygen atoms in total. The fourth-order valence-electron chi connectivity index (χ4n) is 4.35. The molecule has 3 aromatic heterocycles. The monoisotopic (exact) mass is 451 g/mol. The molecule has 3 heterocycles. The molecule has 0 aliphatic heterocycles. The van der Waals surface area contributed by atoms with Gasteiger partial charge in [0.25, 0.3) is 5.91 Å². The number of carbonyl (C=O) groups is 1. The maximum absolute atomic E-state index is 13.1. The van der Waals surface area contributed by atoms with Crippen molar-refractivity contribution in [2.75, 3.05) is 5.32 Å². The molecule has 0 radical (unpaired) electrons. The maximum atomic E-state index is 13.1. The first-order chi connectivity index (χ1) is 16.4. The highest BCUT2D eigenvalue weighted by Gasteiger charge is 2.17. The molecule has 0 aliphatic rings. The summed E-state index contributed by atoms with van der Waals surface area (Å²) in [6, 6.07) is 23.0. The highest BCUT2D eigenvalue weighted by atomic mass is 16.2. The van der Waals surface area contributed by atoms with E-state index in [1.54, 1.807) is 18.3 Å². The van der Waals surface area contributed by atoms with E-state index >= 15 is 0 Å². The Morgan fingerprint density at radius 2 is 1.76 bits per heavy atom. The number of amides is 1. The van der Waals surface area contributed by atoms with Gasteiger partial charge in [0.1, 0.15) is 0 Å². The zero-order valence-corrected chi connectivity index (χ0v) is 19.3. The van der Waals surface area contributed by atoms with Crippen LogP contribution in [0.5, 0.6) is 0 Å². The van der Waals surface area contributed by atoms with Crippen molar-refractivity contribution in [3.63, 3.8) is 0 Å². The number of nitrogens with one attached hydrogen (secondary N) is 1. The van der Waals surface area contributed by atoms with Crippen molar-refractivity contribution in [2.24, 2.45) is 0 Å². The van der Waals surface area contributed by atoms with Crippen molar-refractivity contribution in [2.45, 2.75) is 27.3 Å². The second-order valence-electron chi connectivity index (χ2n) is 8.48. The fraction of sp³-hybridized carbons (Fsp3) is 0.148. The van der Waals surface area contributed by atoms with E-state index in [2.05, 4.69) is 34.0 Å². The Morgan fingerprint density at radius 1 is 0.941 bits per heavy atom. The second kappa shape index (κ2) is 8.51. The molecule has 7 heteroatoms. The molecule has 1 amide bonds. The Hall–Kier alpha value is -4.39. The van der Waals surface area contributed by atoms with Crippen LogP contribution in [0.4, 0.5) is 5.69 Å². The van der Waals surface area contributed by atoms with Gasteiger partial charge in [-0.05, 0) is 74.4 Å². The van der Waals surface area contributed by atoms with Crippen molar-refractivity contribution in [3.05, 3.63) is 118 Å². The number of aromatic nitrogens is 4. The molecule has 2 aromatic carbocycles. The first-order valence-corrected chi connectivity index (χ1v) is 11.1. The van der Waals surface area contributed by atoms with E-state index in [1.165, 1.54) is 9.08 Å². The van der Waals surface area contributed by atoms with E-state index in [-0.39, 0.29) is 11.6 Å². The number of anilines is 1. The van der Waals surface area contributed by atoms with E-state index in [0.717, 1.165) is 28.2 Å². The molecule has 0 unspecified atom stereocenters. The smallest absolute Gasteiger partial charge is 0.322 e. The van der Waals surface area contributed by atoms with Gasteiger partial charge in [0.2, 0.25) is 0 Å². The molecule has 0 spiro atoms. The van der Waals surface area contributed by atoms with Crippen LogP contribution in [0.15, 0.2) is 83.8 Å². The number of hydrogen-bond donors (Lipinski definition) is 1. The lowest BCUT2D eigenvalue weighted by Crippen LogP contribution is -2.21. The minimum atomic E-state index is -0.200. The van der Waals surface area contributed by atoms with Crippen LogP contribution < -0.4 is 11.0 Å². The molecule has 0 atom stereocenters. The summed E-state index contributed by atoms with van der Waals surface area (Å²) in [4.78, 5) is 25.7. The number of rotatable bonds is 5. The Labute approximate surface area is 196 Å². The van der Waals surface area contributed by atoms with Crippen LogP contribution in [-0.4, -0.2) is 24.7 Å². The molecular weight excluding hydrogens is 426 g/mol. The molecule has 0 saturated heterocycles. The number of fused-ring (bicyclic) bond motifs is 1. The quantitative estimate of drug-likeness (QED) is 0.427. The average molecular weight is 452 g/mol. The standard InChI is InChI=1S/C27H25N5O2/c1-18-8-6-11-23(14-18)32-19(2)15-24(20(32)3)26(33)28-22-10-7-9-21(16-22)17-31-27(34)30-13-5-4-12-25(30)29-31/h4-16H,17H2,1-3H3,(H,28,33). The third kappa shape index (κ3) is 3.92. The summed E-state index contributed by atoms with van der Waals surface area (Å²) in [5, 5.41) is 7.39. The topological polar surface area (TPSA) is 73.3 Å². The molecule has 5 aromatic rings. The normalized spacial score (nSPS) is 11.1. The van der Waals surface area contributed by atoms with Gasteiger partial charge in [0.05, 0.1) is 12.1 Å². The van der Waals surface area contributed by atoms with Crippen LogP contribution in [0.25, 0.3) is 11.3 Å². The van der Waals surface area contributed by atoms with E-state index in [4.69, 9.17) is 0 Å². The van der Waals surface area contributed by atoms with Crippen LogP contribution in [0.3, 0.4) is 0 Å². The number of aryl methyl sites for hydroxylation is 2. The van der Waals surface area contributed by atoms with E-state index in [9.17, 15) is 9.59 Å². The van der Waals surface area contributed by atoms with Gasteiger partial charge in [-0.15, -0.1) is 5.10 Å². The Morgan fingerprint density at radius 3 is 2.56 bits per heavy atom. The summed E-state index contributed by atoms with van der Waals surface area (Å²) >= 11 is 0. The third-order valence-corrected chi connectivity index (χ3v) is 5.94. The maximum Gasteiger partial charge on any atom is 0.350 e. The highest BCUT2D eigenvalue weighted by molar-refractivity contribution is 6.05. The van der Waals surface area contributed by atoms with Gasteiger partial charge in [-0.1, -0.05) is 30.3 Å². The predicted octanol–water partition coefficient (Wildman–Crippen LogP) is 4.51. The summed E-state index contributed by atoms with van der Waals surface area (Å²) in [5.41, 5.74) is 6.64. The van der Waals surface area contributed by atoms with Crippen molar-refractivity contribution in [1.29, 1.82) is 0 Å². The van der Waals surface area contributed by atoms with Crippen LogP contribution in [0.1, 0.15) is 32.9 Å². The van der Waals surface area contributed by atoms with Crippen LogP contribution in [0.2, 0.25) is 0 Å². The molecular formula is C27H25N5O2. The first kappa shape index (κ1) is 21.5. The largest absolute Gasteiger partial charge is 0.350 e. The molecule has 0 aliphatic carbocycles. The van der Waals surface area contributed by atoms with E-state index in [1.807, 2.05) is 62.4 Å².